The predicted octanol–water partition coefficient (Wildman–Crippen LogP) is 3.60. The molecule has 0 saturated heterocycles. The lowest BCUT2D eigenvalue weighted by Gasteiger charge is -2.04. The first-order chi connectivity index (χ1) is 11.3. The second-order valence-electron chi connectivity index (χ2n) is 4.91. The van der Waals surface area contributed by atoms with Gasteiger partial charge in [0.05, 0.1) is 5.57 Å². The monoisotopic (exact) mass is 305 g/mol. The van der Waals surface area contributed by atoms with E-state index in [9.17, 15) is 4.79 Å². The fourth-order valence-electron chi connectivity index (χ4n) is 2.20. The lowest BCUT2D eigenvalue weighted by molar-refractivity contribution is -0.136. The molecule has 0 aromatic heterocycles. The molecule has 0 saturated carbocycles. The SMILES string of the molecule is C=CCOc1ccc(C=C2C(=O)ON=C2c2ccccc2)cc1. The van der Waals surface area contributed by atoms with Crippen molar-refractivity contribution in [2.24, 2.45) is 5.16 Å². The Hall–Kier alpha value is -3.14. The minimum absolute atomic E-state index is 0.441. The molecule has 1 aliphatic rings. The lowest BCUT2D eigenvalue weighted by atomic mass is 10.0. The normalized spacial score (nSPS) is 15.2. The summed E-state index contributed by atoms with van der Waals surface area (Å²) < 4.78 is 5.44. The first-order valence-corrected chi connectivity index (χ1v) is 7.18. The molecule has 0 radical (unpaired) electrons. The maximum Gasteiger partial charge on any atom is 0.368 e. The van der Waals surface area contributed by atoms with Crippen LogP contribution in [0.5, 0.6) is 5.75 Å². The molecule has 0 atom stereocenters. The van der Waals surface area contributed by atoms with E-state index in [1.165, 1.54) is 0 Å². The minimum atomic E-state index is -0.448. The van der Waals surface area contributed by atoms with E-state index in [-0.39, 0.29) is 0 Å². The van der Waals surface area contributed by atoms with Gasteiger partial charge < -0.3 is 9.57 Å². The molecular weight excluding hydrogens is 290 g/mol. The number of benzene rings is 2. The molecular formula is C19H15NO3. The van der Waals surface area contributed by atoms with E-state index < -0.39 is 5.97 Å². The van der Waals surface area contributed by atoms with Crippen LogP contribution in [0.15, 0.2) is 78.0 Å². The smallest absolute Gasteiger partial charge is 0.368 e. The molecule has 0 aliphatic carbocycles. The Bertz CT molecular complexity index is 774. The van der Waals surface area contributed by atoms with Gasteiger partial charge >= 0.3 is 5.97 Å². The number of nitrogens with zero attached hydrogens (tertiary/aromatic N) is 1. The van der Waals surface area contributed by atoms with E-state index in [0.29, 0.717) is 17.9 Å². The van der Waals surface area contributed by atoms with Crippen LogP contribution < -0.4 is 4.74 Å². The van der Waals surface area contributed by atoms with E-state index in [2.05, 4.69) is 11.7 Å². The number of carbonyl (C=O) groups is 1. The highest BCUT2D eigenvalue weighted by molar-refractivity contribution is 6.31. The van der Waals surface area contributed by atoms with Crippen molar-refractivity contribution < 1.29 is 14.4 Å². The van der Waals surface area contributed by atoms with Gasteiger partial charge in [0.15, 0.2) is 0 Å². The molecule has 0 spiro atoms. The first-order valence-electron chi connectivity index (χ1n) is 7.18. The quantitative estimate of drug-likeness (QED) is 0.482. The van der Waals surface area contributed by atoms with Gasteiger partial charge in [0.2, 0.25) is 0 Å². The van der Waals surface area contributed by atoms with Crippen LogP contribution >= 0.6 is 0 Å². The van der Waals surface area contributed by atoms with Gasteiger partial charge in [-0.05, 0) is 23.8 Å². The standard InChI is InChI=1S/C19H15NO3/c1-2-12-22-16-10-8-14(9-11-16)13-17-18(20-23-19(17)21)15-6-4-3-5-7-15/h2-11,13H,1,12H2. The van der Waals surface area contributed by atoms with Gasteiger partial charge in [-0.25, -0.2) is 4.79 Å². The molecule has 0 bridgehead atoms. The van der Waals surface area contributed by atoms with Crippen LogP contribution in [0.1, 0.15) is 11.1 Å². The Balaban J connectivity index is 1.86. The van der Waals surface area contributed by atoms with Crippen LogP contribution in [0.25, 0.3) is 6.08 Å². The van der Waals surface area contributed by atoms with Crippen molar-refractivity contribution >= 4 is 17.8 Å². The Labute approximate surface area is 134 Å². The fourth-order valence-corrected chi connectivity index (χ4v) is 2.20. The van der Waals surface area contributed by atoms with Crippen molar-refractivity contribution in [1.29, 1.82) is 0 Å². The first kappa shape index (κ1) is 14.8. The fraction of sp³-hybridized carbons (Fsp3) is 0.0526. The summed E-state index contributed by atoms with van der Waals surface area (Å²) >= 11 is 0. The van der Waals surface area contributed by atoms with Gasteiger partial charge in [0.25, 0.3) is 0 Å². The molecule has 0 unspecified atom stereocenters. The third kappa shape index (κ3) is 3.37. The van der Waals surface area contributed by atoms with Crippen molar-refractivity contribution in [3.05, 3.63) is 84.0 Å². The minimum Gasteiger partial charge on any atom is -0.490 e. The zero-order valence-corrected chi connectivity index (χ0v) is 12.4. The topological polar surface area (TPSA) is 47.9 Å². The highest BCUT2D eigenvalue weighted by Gasteiger charge is 2.26. The summed E-state index contributed by atoms with van der Waals surface area (Å²) in [5, 5.41) is 3.89. The van der Waals surface area contributed by atoms with Crippen LogP contribution in [-0.2, 0) is 9.63 Å². The number of rotatable bonds is 5. The van der Waals surface area contributed by atoms with E-state index >= 15 is 0 Å². The zero-order chi connectivity index (χ0) is 16.1. The van der Waals surface area contributed by atoms with Crippen LogP contribution in [-0.4, -0.2) is 18.3 Å². The van der Waals surface area contributed by atoms with Crippen LogP contribution in [0.3, 0.4) is 0 Å². The lowest BCUT2D eigenvalue weighted by Crippen LogP contribution is -2.06. The molecule has 0 fully saturated rings. The number of ether oxygens (including phenoxy) is 1. The summed E-state index contributed by atoms with van der Waals surface area (Å²) in [5.41, 5.74) is 2.70. The number of hydrogen-bond donors (Lipinski definition) is 0. The number of hydrogen-bond acceptors (Lipinski definition) is 4. The number of oxime groups is 1. The summed E-state index contributed by atoms with van der Waals surface area (Å²) in [5.74, 6) is 0.300. The number of carbonyl (C=O) groups excluding carboxylic acids is 1. The second kappa shape index (κ2) is 6.75. The highest BCUT2D eigenvalue weighted by Crippen LogP contribution is 2.21. The van der Waals surface area contributed by atoms with Crippen molar-refractivity contribution in [2.45, 2.75) is 0 Å². The largest absolute Gasteiger partial charge is 0.490 e. The summed E-state index contributed by atoms with van der Waals surface area (Å²) in [6.45, 7) is 4.06. The predicted molar refractivity (Wildman–Crippen MR) is 89.2 cm³/mol. The average molecular weight is 305 g/mol. The molecule has 2 aromatic rings. The van der Waals surface area contributed by atoms with Gasteiger partial charge in [-0.2, -0.15) is 0 Å². The second-order valence-corrected chi connectivity index (χ2v) is 4.91. The van der Waals surface area contributed by atoms with Gasteiger partial charge in [-0.1, -0.05) is 60.3 Å². The third-order valence-corrected chi connectivity index (χ3v) is 3.30. The average Bonchev–Trinajstić information content (AvgIpc) is 2.96. The van der Waals surface area contributed by atoms with E-state index in [0.717, 1.165) is 16.9 Å². The Morgan fingerprint density at radius 1 is 1.09 bits per heavy atom. The van der Waals surface area contributed by atoms with Gasteiger partial charge in [-0.15, -0.1) is 0 Å². The summed E-state index contributed by atoms with van der Waals surface area (Å²) in [6, 6.07) is 16.9. The van der Waals surface area contributed by atoms with Gasteiger partial charge in [0.1, 0.15) is 18.1 Å². The van der Waals surface area contributed by atoms with Crippen molar-refractivity contribution in [3.8, 4) is 5.75 Å². The van der Waals surface area contributed by atoms with Gasteiger partial charge in [0, 0.05) is 5.56 Å². The van der Waals surface area contributed by atoms with Crippen molar-refractivity contribution in [3.63, 3.8) is 0 Å². The maximum atomic E-state index is 11.9. The van der Waals surface area contributed by atoms with Crippen molar-refractivity contribution in [2.75, 3.05) is 6.61 Å². The van der Waals surface area contributed by atoms with E-state index in [1.807, 2.05) is 54.6 Å². The molecule has 1 aliphatic heterocycles. The summed E-state index contributed by atoms with van der Waals surface area (Å²) in [7, 11) is 0. The summed E-state index contributed by atoms with van der Waals surface area (Å²) in [6.07, 6.45) is 3.45. The zero-order valence-electron chi connectivity index (χ0n) is 12.4. The molecule has 4 nitrogen and oxygen atoms in total. The van der Waals surface area contributed by atoms with Crippen LogP contribution in [0.2, 0.25) is 0 Å². The highest BCUT2D eigenvalue weighted by atomic mass is 16.7. The molecule has 0 amide bonds. The molecule has 23 heavy (non-hydrogen) atoms. The molecule has 0 N–H and O–H groups in total. The van der Waals surface area contributed by atoms with Crippen LogP contribution in [0, 0.1) is 0 Å². The molecule has 1 heterocycles. The maximum absolute atomic E-state index is 11.9. The Morgan fingerprint density at radius 2 is 1.83 bits per heavy atom. The third-order valence-electron chi connectivity index (χ3n) is 3.30. The van der Waals surface area contributed by atoms with Crippen LogP contribution in [0.4, 0.5) is 0 Å². The molecule has 114 valence electrons. The molecule has 3 rings (SSSR count). The van der Waals surface area contributed by atoms with Gasteiger partial charge in [-0.3, -0.25) is 0 Å². The Morgan fingerprint density at radius 3 is 2.52 bits per heavy atom. The molecule has 2 aromatic carbocycles. The Kier molecular flexibility index (Phi) is 4.34. The van der Waals surface area contributed by atoms with E-state index in [1.54, 1.807) is 12.2 Å². The summed E-state index contributed by atoms with van der Waals surface area (Å²) in [4.78, 5) is 16.8. The van der Waals surface area contributed by atoms with Crippen molar-refractivity contribution in [1.82, 2.24) is 0 Å². The van der Waals surface area contributed by atoms with E-state index in [4.69, 9.17) is 9.57 Å². The molecule has 4 heteroatoms.